The molecule has 0 aromatic carbocycles. The van der Waals surface area contributed by atoms with E-state index in [1.165, 1.54) is 64.8 Å². The summed E-state index contributed by atoms with van der Waals surface area (Å²) in [5, 5.41) is 3.46. The number of rotatable bonds is 3. The van der Waals surface area contributed by atoms with Crippen LogP contribution in [0.2, 0.25) is 0 Å². The van der Waals surface area contributed by atoms with Crippen molar-refractivity contribution in [2.75, 3.05) is 32.7 Å². The van der Waals surface area contributed by atoms with Crippen molar-refractivity contribution < 1.29 is 0 Å². The van der Waals surface area contributed by atoms with Crippen molar-refractivity contribution in [3.63, 3.8) is 0 Å². The van der Waals surface area contributed by atoms with Crippen molar-refractivity contribution in [1.82, 2.24) is 10.2 Å². The van der Waals surface area contributed by atoms with Crippen LogP contribution in [-0.4, -0.2) is 37.6 Å². The van der Waals surface area contributed by atoms with Gasteiger partial charge in [-0.05, 0) is 82.1 Å². The van der Waals surface area contributed by atoms with Crippen LogP contribution in [0.25, 0.3) is 0 Å². The van der Waals surface area contributed by atoms with Gasteiger partial charge in [0.2, 0.25) is 0 Å². The molecule has 0 unspecified atom stereocenters. The Morgan fingerprint density at radius 2 is 1.50 bits per heavy atom. The van der Waals surface area contributed by atoms with Gasteiger partial charge in [-0.3, -0.25) is 0 Å². The molecule has 120 valence electrons. The highest BCUT2D eigenvalue weighted by Crippen LogP contribution is 2.34. The number of nitrogens with zero attached hydrogens (tertiary/aromatic N) is 1. The van der Waals surface area contributed by atoms with Crippen molar-refractivity contribution in [2.45, 2.75) is 66.7 Å². The highest BCUT2D eigenvalue weighted by Gasteiger charge is 2.28. The molecule has 2 rings (SSSR count). The van der Waals surface area contributed by atoms with Crippen LogP contribution in [0.5, 0.6) is 0 Å². The molecule has 0 radical (unpaired) electrons. The Bertz CT molecular complexity index is 230. The minimum Gasteiger partial charge on any atom is -0.317 e. The molecule has 0 spiro atoms. The molecule has 2 saturated heterocycles. The van der Waals surface area contributed by atoms with Gasteiger partial charge in [-0.1, -0.05) is 34.6 Å². The van der Waals surface area contributed by atoms with E-state index in [9.17, 15) is 0 Å². The number of hydrogen-bond donors (Lipinski definition) is 1. The van der Waals surface area contributed by atoms with Gasteiger partial charge in [0, 0.05) is 0 Å². The van der Waals surface area contributed by atoms with Crippen molar-refractivity contribution in [2.24, 2.45) is 17.3 Å². The fourth-order valence-corrected chi connectivity index (χ4v) is 3.56. The highest BCUT2D eigenvalue weighted by molar-refractivity contribution is 4.81. The van der Waals surface area contributed by atoms with Gasteiger partial charge in [0.05, 0.1) is 0 Å². The summed E-state index contributed by atoms with van der Waals surface area (Å²) in [6, 6.07) is 0. The lowest BCUT2D eigenvalue weighted by Crippen LogP contribution is -2.39. The first-order valence-electron chi connectivity index (χ1n) is 8.99. The summed E-state index contributed by atoms with van der Waals surface area (Å²) in [7, 11) is 0. The van der Waals surface area contributed by atoms with Crippen molar-refractivity contribution in [3.8, 4) is 0 Å². The summed E-state index contributed by atoms with van der Waals surface area (Å²) in [4.78, 5) is 2.71. The quantitative estimate of drug-likeness (QED) is 0.836. The molecule has 0 aromatic heterocycles. The van der Waals surface area contributed by atoms with Gasteiger partial charge in [0.15, 0.2) is 0 Å². The lowest BCUT2D eigenvalue weighted by molar-refractivity contribution is 0.106. The molecule has 2 heteroatoms. The third-order valence-electron chi connectivity index (χ3n) is 5.12. The van der Waals surface area contributed by atoms with Crippen molar-refractivity contribution in [1.29, 1.82) is 0 Å². The van der Waals surface area contributed by atoms with Crippen LogP contribution in [0, 0.1) is 17.3 Å². The second-order valence-electron chi connectivity index (χ2n) is 7.46. The van der Waals surface area contributed by atoms with Crippen LogP contribution in [0.15, 0.2) is 0 Å². The van der Waals surface area contributed by atoms with Gasteiger partial charge >= 0.3 is 0 Å². The number of likely N-dealkylation sites (tertiary alicyclic amines) is 1. The Morgan fingerprint density at radius 3 is 2.00 bits per heavy atom. The van der Waals surface area contributed by atoms with E-state index in [2.05, 4.69) is 31.0 Å². The molecule has 0 atom stereocenters. The maximum absolute atomic E-state index is 3.46. The van der Waals surface area contributed by atoms with Gasteiger partial charge < -0.3 is 10.2 Å². The average molecular weight is 283 g/mol. The Labute approximate surface area is 127 Å². The van der Waals surface area contributed by atoms with E-state index in [0.717, 1.165) is 11.8 Å². The maximum Gasteiger partial charge on any atom is -0.00159 e. The molecule has 2 aliphatic heterocycles. The average Bonchev–Trinajstić information content (AvgIpc) is 2.48. The summed E-state index contributed by atoms with van der Waals surface area (Å²) in [5.41, 5.74) is 0.515. The highest BCUT2D eigenvalue weighted by atomic mass is 15.1. The third kappa shape index (κ3) is 6.13. The molecule has 2 nitrogen and oxygen atoms in total. The van der Waals surface area contributed by atoms with E-state index in [-0.39, 0.29) is 0 Å². The fraction of sp³-hybridized carbons (Fsp3) is 1.00. The van der Waals surface area contributed by atoms with E-state index in [1.807, 2.05) is 13.8 Å². The standard InChI is InChI=1S/C16H32N2.C2H6/c1-16(2,3)15-7-12-18(13-8-15)11-6-14-4-9-17-10-5-14;1-2/h14-15,17H,4-13H2,1-3H3;1-2H3. The van der Waals surface area contributed by atoms with Gasteiger partial charge in [0.1, 0.15) is 0 Å². The van der Waals surface area contributed by atoms with E-state index in [1.54, 1.807) is 0 Å². The number of piperidine rings is 2. The van der Waals surface area contributed by atoms with Gasteiger partial charge in [-0.2, -0.15) is 0 Å². The largest absolute Gasteiger partial charge is 0.317 e. The second-order valence-corrected chi connectivity index (χ2v) is 7.46. The van der Waals surface area contributed by atoms with E-state index in [0.29, 0.717) is 5.41 Å². The van der Waals surface area contributed by atoms with Crippen LogP contribution < -0.4 is 5.32 Å². The Kier molecular flexibility index (Phi) is 8.13. The molecule has 0 aliphatic carbocycles. The van der Waals surface area contributed by atoms with Gasteiger partial charge in [0.25, 0.3) is 0 Å². The molecular formula is C18H38N2. The molecule has 0 aromatic rings. The summed E-state index contributed by atoms with van der Waals surface area (Å²) in [6.45, 7) is 17.7. The minimum absolute atomic E-state index is 0.515. The third-order valence-corrected chi connectivity index (χ3v) is 5.12. The Balaban J connectivity index is 0.000000956. The number of nitrogens with one attached hydrogen (secondary N) is 1. The molecule has 1 N–H and O–H groups in total. The molecule has 20 heavy (non-hydrogen) atoms. The smallest absolute Gasteiger partial charge is 0.00159 e. The maximum atomic E-state index is 3.46. The van der Waals surface area contributed by atoms with Crippen molar-refractivity contribution >= 4 is 0 Å². The molecule has 0 saturated carbocycles. The SMILES string of the molecule is CC.CC(C)(C)C1CCN(CCC2CCNCC2)CC1. The zero-order valence-electron chi connectivity index (χ0n) is 14.7. The predicted molar refractivity (Wildman–Crippen MR) is 90.2 cm³/mol. The van der Waals surface area contributed by atoms with Crippen LogP contribution >= 0.6 is 0 Å². The minimum atomic E-state index is 0.515. The number of hydrogen-bond acceptors (Lipinski definition) is 2. The fourth-order valence-electron chi connectivity index (χ4n) is 3.56. The summed E-state index contributed by atoms with van der Waals surface area (Å²) < 4.78 is 0. The second kappa shape index (κ2) is 9.04. The molecular weight excluding hydrogens is 244 g/mol. The van der Waals surface area contributed by atoms with Crippen LogP contribution in [0.4, 0.5) is 0 Å². The lowest BCUT2D eigenvalue weighted by atomic mass is 9.75. The molecule has 2 fully saturated rings. The van der Waals surface area contributed by atoms with Gasteiger partial charge in [-0.25, -0.2) is 0 Å². The van der Waals surface area contributed by atoms with Crippen LogP contribution in [-0.2, 0) is 0 Å². The summed E-state index contributed by atoms with van der Waals surface area (Å²) in [6.07, 6.45) is 7.06. The summed E-state index contributed by atoms with van der Waals surface area (Å²) in [5.74, 6) is 1.93. The summed E-state index contributed by atoms with van der Waals surface area (Å²) >= 11 is 0. The monoisotopic (exact) mass is 282 g/mol. The zero-order chi connectivity index (χ0) is 15.0. The molecule has 2 heterocycles. The first-order valence-corrected chi connectivity index (χ1v) is 8.99. The van der Waals surface area contributed by atoms with Crippen LogP contribution in [0.3, 0.4) is 0 Å². The normalized spacial score (nSPS) is 23.2. The predicted octanol–water partition coefficient (Wildman–Crippen LogP) is 4.16. The first-order chi connectivity index (χ1) is 9.55. The Morgan fingerprint density at radius 1 is 0.950 bits per heavy atom. The van der Waals surface area contributed by atoms with Crippen LogP contribution in [0.1, 0.15) is 66.7 Å². The molecule has 0 amide bonds. The van der Waals surface area contributed by atoms with E-state index >= 15 is 0 Å². The molecule has 2 aliphatic rings. The first kappa shape index (κ1) is 18.0. The molecule has 0 bridgehead atoms. The zero-order valence-corrected chi connectivity index (χ0v) is 14.7. The van der Waals surface area contributed by atoms with Crippen molar-refractivity contribution in [3.05, 3.63) is 0 Å². The van der Waals surface area contributed by atoms with E-state index in [4.69, 9.17) is 0 Å². The Hall–Kier alpha value is -0.0800. The van der Waals surface area contributed by atoms with E-state index < -0.39 is 0 Å². The lowest BCUT2D eigenvalue weighted by Gasteiger charge is -2.39. The topological polar surface area (TPSA) is 15.3 Å². The van der Waals surface area contributed by atoms with Gasteiger partial charge in [-0.15, -0.1) is 0 Å².